The fourth-order valence-electron chi connectivity index (χ4n) is 4.60. The second-order valence-electron chi connectivity index (χ2n) is 7.17. The summed E-state index contributed by atoms with van der Waals surface area (Å²) in [6, 6.07) is 0. The highest BCUT2D eigenvalue weighted by Crippen LogP contribution is 2.68. The van der Waals surface area contributed by atoms with Crippen LogP contribution in [0.3, 0.4) is 0 Å². The molecule has 2 fully saturated rings. The van der Waals surface area contributed by atoms with E-state index in [-0.39, 0.29) is 19.0 Å². The van der Waals surface area contributed by atoms with Crippen molar-refractivity contribution in [1.82, 2.24) is 0 Å². The van der Waals surface area contributed by atoms with Crippen molar-refractivity contribution in [3.63, 3.8) is 0 Å². The van der Waals surface area contributed by atoms with Crippen LogP contribution in [0.4, 0.5) is 0 Å². The van der Waals surface area contributed by atoms with Gasteiger partial charge in [0.1, 0.15) is 5.60 Å². The summed E-state index contributed by atoms with van der Waals surface area (Å²) in [5.74, 6) is -0.534. The van der Waals surface area contributed by atoms with Gasteiger partial charge in [0.15, 0.2) is 11.4 Å². The summed E-state index contributed by atoms with van der Waals surface area (Å²) in [6.07, 6.45) is 7.22. The van der Waals surface area contributed by atoms with Crippen molar-refractivity contribution in [2.24, 2.45) is 10.8 Å². The number of Topliss-reactive ketones (excluding diaryl/α,β-unsaturated/α-hetero) is 1. The highest BCUT2D eigenvalue weighted by Gasteiger charge is 2.82. The zero-order chi connectivity index (χ0) is 16.0. The predicted molar refractivity (Wildman–Crippen MR) is 77.0 cm³/mol. The lowest BCUT2D eigenvalue weighted by Crippen LogP contribution is -2.73. The smallest absolute Gasteiger partial charge is 0.343 e. The van der Waals surface area contributed by atoms with Crippen LogP contribution in [-0.4, -0.2) is 41.8 Å². The topological polar surface area (TPSA) is 61.8 Å². The van der Waals surface area contributed by atoms with Gasteiger partial charge in [-0.1, -0.05) is 12.2 Å². The minimum absolute atomic E-state index is 0.0215. The summed E-state index contributed by atoms with van der Waals surface area (Å²) in [5.41, 5.74) is -4.97. The lowest BCUT2D eigenvalue weighted by Gasteiger charge is -2.58. The van der Waals surface area contributed by atoms with Crippen LogP contribution in [0, 0.1) is 10.8 Å². The maximum Gasteiger partial charge on any atom is 0.343 e. The average Bonchev–Trinajstić information content (AvgIpc) is 2.99. The molecule has 5 atom stereocenters. The monoisotopic (exact) mass is 304 g/mol. The molecule has 0 amide bonds. The van der Waals surface area contributed by atoms with E-state index < -0.39 is 33.6 Å². The van der Waals surface area contributed by atoms with E-state index in [9.17, 15) is 9.59 Å². The van der Waals surface area contributed by atoms with Crippen molar-refractivity contribution >= 4 is 11.8 Å². The maximum absolute atomic E-state index is 13.4. The quantitative estimate of drug-likeness (QED) is 0.572. The lowest BCUT2D eigenvalue weighted by molar-refractivity contribution is -0.229. The zero-order valence-electron chi connectivity index (χ0n) is 13.3. The molecule has 1 aliphatic carbocycles. The van der Waals surface area contributed by atoms with Gasteiger partial charge in [-0.2, -0.15) is 0 Å². The number of hydrogen-bond acceptors (Lipinski definition) is 5. The molecule has 3 heterocycles. The Labute approximate surface area is 129 Å². The number of fused-ring (bicyclic) bond motifs is 3. The largest absolute Gasteiger partial charge is 0.464 e. The van der Waals surface area contributed by atoms with Gasteiger partial charge in [-0.3, -0.25) is 4.79 Å². The van der Waals surface area contributed by atoms with Gasteiger partial charge in [-0.15, -0.1) is 0 Å². The Bertz CT molecular complexity index is 666. The Balaban J connectivity index is 2.00. The van der Waals surface area contributed by atoms with Gasteiger partial charge in [-0.25, -0.2) is 4.79 Å². The Hall–Kier alpha value is -1.46. The zero-order valence-corrected chi connectivity index (χ0v) is 13.3. The summed E-state index contributed by atoms with van der Waals surface area (Å²) in [6.45, 7) is 7.78. The summed E-state index contributed by atoms with van der Waals surface area (Å²) in [4.78, 5) is 26.1. The van der Waals surface area contributed by atoms with Crippen molar-refractivity contribution in [2.75, 3.05) is 13.2 Å². The van der Waals surface area contributed by atoms with E-state index in [0.717, 1.165) is 0 Å². The fraction of sp³-hybridized carbons (Fsp3) is 0.647. The summed E-state index contributed by atoms with van der Waals surface area (Å²) >= 11 is 0. The average molecular weight is 304 g/mol. The molecular formula is C17H20O5. The van der Waals surface area contributed by atoms with E-state index in [1.54, 1.807) is 26.0 Å². The molecule has 0 aromatic heterocycles. The van der Waals surface area contributed by atoms with Crippen molar-refractivity contribution in [3.8, 4) is 0 Å². The second kappa shape index (κ2) is 3.54. The van der Waals surface area contributed by atoms with Gasteiger partial charge in [0.25, 0.3) is 0 Å². The first-order valence-electron chi connectivity index (χ1n) is 7.68. The summed E-state index contributed by atoms with van der Waals surface area (Å²) in [7, 11) is 0. The lowest BCUT2D eigenvalue weighted by atomic mass is 9.50. The second-order valence-corrected chi connectivity index (χ2v) is 7.17. The first-order chi connectivity index (χ1) is 10.2. The van der Waals surface area contributed by atoms with Crippen molar-refractivity contribution in [1.29, 1.82) is 0 Å². The third-order valence-electron chi connectivity index (χ3n) is 6.37. The molecular weight excluding hydrogens is 284 g/mol. The minimum Gasteiger partial charge on any atom is -0.464 e. The number of carbonyl (C=O) groups is 2. The summed E-state index contributed by atoms with van der Waals surface area (Å²) in [5, 5.41) is 0. The molecule has 1 spiro atoms. The van der Waals surface area contributed by atoms with E-state index in [1.165, 1.54) is 0 Å². The predicted octanol–water partition coefficient (Wildman–Crippen LogP) is 1.57. The normalized spacial score (nSPS) is 53.9. The third kappa shape index (κ3) is 1.05. The number of ether oxygens (including phenoxy) is 3. The highest BCUT2D eigenvalue weighted by atomic mass is 16.6. The molecule has 5 heteroatoms. The number of carbonyl (C=O) groups excluding carboxylic acids is 2. The molecule has 22 heavy (non-hydrogen) atoms. The molecule has 0 saturated carbocycles. The van der Waals surface area contributed by atoms with Gasteiger partial charge >= 0.3 is 5.97 Å². The van der Waals surface area contributed by atoms with Crippen LogP contribution in [0.1, 0.15) is 27.7 Å². The Morgan fingerprint density at radius 3 is 2.64 bits per heavy atom. The molecule has 0 radical (unpaired) electrons. The van der Waals surface area contributed by atoms with Crippen LogP contribution in [0.5, 0.6) is 0 Å². The van der Waals surface area contributed by atoms with Gasteiger partial charge < -0.3 is 14.2 Å². The SMILES string of the molecule is CCOC(=O)[C@@]12C=C[C@@]3(CO[C@]4(C)C=C[C@@]1(C)C(=O)[C@@]43C)O2. The van der Waals surface area contributed by atoms with Crippen LogP contribution in [-0.2, 0) is 23.8 Å². The molecule has 0 unspecified atom stereocenters. The molecule has 118 valence electrons. The van der Waals surface area contributed by atoms with E-state index in [4.69, 9.17) is 14.2 Å². The van der Waals surface area contributed by atoms with Crippen molar-refractivity contribution < 1.29 is 23.8 Å². The molecule has 5 nitrogen and oxygen atoms in total. The van der Waals surface area contributed by atoms with Crippen LogP contribution < -0.4 is 0 Å². The van der Waals surface area contributed by atoms with E-state index in [1.807, 2.05) is 26.0 Å². The Kier molecular flexibility index (Phi) is 2.28. The standard InChI is InChI=1S/C17H20O5/c1-5-20-12(19)17-9-8-16(22-17)10-21-14(3)7-6-13(17,2)11(18)15(14,16)4/h6-9H,5,10H2,1-4H3/t13-,14+,15-,16-,17-/m0/s1. The molecule has 2 saturated heterocycles. The number of esters is 1. The first-order valence-corrected chi connectivity index (χ1v) is 7.68. The van der Waals surface area contributed by atoms with E-state index in [0.29, 0.717) is 0 Å². The maximum atomic E-state index is 13.4. The van der Waals surface area contributed by atoms with Crippen molar-refractivity contribution in [2.45, 2.75) is 44.5 Å². The fourth-order valence-corrected chi connectivity index (χ4v) is 4.60. The Morgan fingerprint density at radius 1 is 1.23 bits per heavy atom. The molecule has 4 rings (SSSR count). The third-order valence-corrected chi connectivity index (χ3v) is 6.37. The number of ketones is 1. The highest BCUT2D eigenvalue weighted by molar-refractivity contribution is 6.05. The van der Waals surface area contributed by atoms with Crippen LogP contribution >= 0.6 is 0 Å². The van der Waals surface area contributed by atoms with Crippen LogP contribution in [0.15, 0.2) is 24.3 Å². The molecule has 4 bridgehead atoms. The molecule has 0 aromatic carbocycles. The first kappa shape index (κ1) is 14.2. The molecule has 3 aliphatic heterocycles. The van der Waals surface area contributed by atoms with Gasteiger partial charge in [-0.05, 0) is 39.8 Å². The van der Waals surface area contributed by atoms with Crippen LogP contribution in [0.25, 0.3) is 0 Å². The Morgan fingerprint density at radius 2 is 1.95 bits per heavy atom. The minimum atomic E-state index is -1.40. The van der Waals surface area contributed by atoms with Crippen LogP contribution in [0.2, 0.25) is 0 Å². The number of rotatable bonds is 2. The van der Waals surface area contributed by atoms with Gasteiger partial charge in [0.2, 0.25) is 0 Å². The molecule has 4 aliphatic rings. The summed E-state index contributed by atoms with van der Waals surface area (Å²) < 4.78 is 17.5. The molecule has 0 N–H and O–H groups in total. The van der Waals surface area contributed by atoms with E-state index in [2.05, 4.69) is 0 Å². The molecule has 0 aromatic rings. The number of hydrogen-bond donors (Lipinski definition) is 0. The van der Waals surface area contributed by atoms with Crippen molar-refractivity contribution in [3.05, 3.63) is 24.3 Å². The van der Waals surface area contributed by atoms with Gasteiger partial charge in [0.05, 0.1) is 29.6 Å². The van der Waals surface area contributed by atoms with E-state index >= 15 is 0 Å². The van der Waals surface area contributed by atoms with Gasteiger partial charge in [0, 0.05) is 0 Å².